The summed E-state index contributed by atoms with van der Waals surface area (Å²) in [6.07, 6.45) is 5.52. The Morgan fingerprint density at radius 2 is 2.16 bits per heavy atom. The van der Waals surface area contributed by atoms with E-state index in [1.165, 1.54) is 23.1 Å². The topological polar surface area (TPSA) is 66.9 Å². The molecule has 0 saturated heterocycles. The molecule has 19 heavy (non-hydrogen) atoms. The number of hydrogen-bond acceptors (Lipinski definition) is 4. The quantitative estimate of drug-likeness (QED) is 0.473. The van der Waals surface area contributed by atoms with Gasteiger partial charge in [0, 0.05) is 40.1 Å². The summed E-state index contributed by atoms with van der Waals surface area (Å²) >= 11 is 1.48. The fourth-order valence-electron chi connectivity index (χ4n) is 1.50. The van der Waals surface area contributed by atoms with E-state index in [0.29, 0.717) is 12.0 Å². The van der Waals surface area contributed by atoms with E-state index < -0.39 is 0 Å². The Hall–Kier alpha value is -1.52. The fraction of sp³-hybridized carbons (Fsp3) is 0.333. The van der Waals surface area contributed by atoms with Crippen LogP contribution >= 0.6 is 11.3 Å². The molecule has 0 aliphatic rings. The van der Waals surface area contributed by atoms with Crippen LogP contribution in [0, 0.1) is 5.41 Å². The first-order valence-corrected chi connectivity index (χ1v) is 7.05. The summed E-state index contributed by atoms with van der Waals surface area (Å²) < 4.78 is 0. The van der Waals surface area contributed by atoms with Crippen LogP contribution in [0.25, 0.3) is 5.57 Å². The molecule has 1 rings (SSSR count). The van der Waals surface area contributed by atoms with Gasteiger partial charge in [0.25, 0.3) is 0 Å². The van der Waals surface area contributed by atoms with Crippen molar-refractivity contribution in [2.45, 2.75) is 33.2 Å². The first kappa shape index (κ1) is 15.5. The van der Waals surface area contributed by atoms with E-state index in [9.17, 15) is 4.79 Å². The zero-order valence-corrected chi connectivity index (χ0v) is 12.4. The molecule has 1 aromatic heterocycles. The van der Waals surface area contributed by atoms with Crippen LogP contribution in [0.4, 0.5) is 0 Å². The summed E-state index contributed by atoms with van der Waals surface area (Å²) in [6, 6.07) is 1.71. The van der Waals surface area contributed by atoms with Crippen LogP contribution in [0.3, 0.4) is 0 Å². The van der Waals surface area contributed by atoms with Crippen molar-refractivity contribution in [1.82, 2.24) is 0 Å². The van der Waals surface area contributed by atoms with E-state index in [4.69, 9.17) is 11.1 Å². The zero-order chi connectivity index (χ0) is 14.4. The Kier molecular flexibility index (Phi) is 5.86. The van der Waals surface area contributed by atoms with Crippen molar-refractivity contribution < 1.29 is 4.79 Å². The second-order valence-electron chi connectivity index (χ2n) is 4.81. The summed E-state index contributed by atoms with van der Waals surface area (Å²) in [5.41, 5.74) is 8.30. The standard InChI is InChI=1S/C15H20N2OS/c1-10(2)4-5-12(8-16)15-7-13(9-19-15)14(18)6-11(3)17/h4-5,7-9,11,16H,6,17H2,1-3H3/b12-5+,16-8?. The maximum absolute atomic E-state index is 11.9. The van der Waals surface area contributed by atoms with Gasteiger partial charge in [-0.2, -0.15) is 0 Å². The molecule has 0 bridgehead atoms. The second-order valence-corrected chi connectivity index (χ2v) is 5.73. The van der Waals surface area contributed by atoms with E-state index in [0.717, 1.165) is 10.5 Å². The molecular formula is C15H20N2OS. The number of nitrogens with two attached hydrogens (primary N) is 1. The van der Waals surface area contributed by atoms with Gasteiger partial charge >= 0.3 is 0 Å². The van der Waals surface area contributed by atoms with Gasteiger partial charge in [0.2, 0.25) is 0 Å². The lowest BCUT2D eigenvalue weighted by Gasteiger charge is -2.01. The highest BCUT2D eigenvalue weighted by Gasteiger charge is 2.11. The Morgan fingerprint density at radius 1 is 1.47 bits per heavy atom. The van der Waals surface area contributed by atoms with Gasteiger partial charge in [0.05, 0.1) is 0 Å². The van der Waals surface area contributed by atoms with Gasteiger partial charge in [0.1, 0.15) is 0 Å². The van der Waals surface area contributed by atoms with Crippen molar-refractivity contribution in [3.63, 3.8) is 0 Å². The van der Waals surface area contributed by atoms with Crippen molar-refractivity contribution >= 4 is 28.9 Å². The molecule has 1 heterocycles. The highest BCUT2D eigenvalue weighted by Crippen LogP contribution is 2.23. The fourth-order valence-corrected chi connectivity index (χ4v) is 2.41. The van der Waals surface area contributed by atoms with Gasteiger partial charge in [-0.05, 0) is 26.8 Å². The molecule has 0 aliphatic carbocycles. The van der Waals surface area contributed by atoms with Gasteiger partial charge < -0.3 is 11.1 Å². The van der Waals surface area contributed by atoms with Crippen molar-refractivity contribution in [2.75, 3.05) is 0 Å². The van der Waals surface area contributed by atoms with E-state index in [2.05, 4.69) is 0 Å². The van der Waals surface area contributed by atoms with Crippen molar-refractivity contribution in [3.8, 4) is 0 Å². The van der Waals surface area contributed by atoms with Crippen LogP contribution in [0.15, 0.2) is 29.2 Å². The van der Waals surface area contributed by atoms with Crippen LogP contribution < -0.4 is 5.73 Å². The van der Waals surface area contributed by atoms with E-state index >= 15 is 0 Å². The molecule has 0 saturated carbocycles. The Balaban J connectivity index is 2.95. The molecular weight excluding hydrogens is 256 g/mol. The number of allylic oxidation sites excluding steroid dienone is 4. The third kappa shape index (κ3) is 4.93. The van der Waals surface area contributed by atoms with Gasteiger partial charge in [-0.15, -0.1) is 11.3 Å². The number of carbonyl (C=O) groups is 1. The summed E-state index contributed by atoms with van der Waals surface area (Å²) in [5, 5.41) is 9.28. The summed E-state index contributed by atoms with van der Waals surface area (Å²) in [5.74, 6) is 0.0593. The molecule has 4 heteroatoms. The molecule has 1 atom stereocenters. The second kappa shape index (κ2) is 7.16. The number of carbonyl (C=O) groups excluding carboxylic acids is 1. The van der Waals surface area contributed by atoms with Gasteiger partial charge in [-0.3, -0.25) is 4.79 Å². The highest BCUT2D eigenvalue weighted by atomic mass is 32.1. The maximum Gasteiger partial charge on any atom is 0.165 e. The first-order chi connectivity index (χ1) is 8.93. The molecule has 1 unspecified atom stereocenters. The number of ketones is 1. The number of thiophene rings is 1. The van der Waals surface area contributed by atoms with Crippen LogP contribution in [-0.4, -0.2) is 18.0 Å². The average Bonchev–Trinajstić information content (AvgIpc) is 2.78. The van der Waals surface area contributed by atoms with E-state index in [1.54, 1.807) is 0 Å². The number of nitrogens with one attached hydrogen (secondary N) is 1. The van der Waals surface area contributed by atoms with E-state index in [-0.39, 0.29) is 11.8 Å². The lowest BCUT2D eigenvalue weighted by atomic mass is 10.1. The van der Waals surface area contributed by atoms with Crippen molar-refractivity contribution in [1.29, 1.82) is 5.41 Å². The van der Waals surface area contributed by atoms with Crippen LogP contribution in [0.1, 0.15) is 42.4 Å². The molecule has 3 N–H and O–H groups in total. The van der Waals surface area contributed by atoms with Gasteiger partial charge in [-0.25, -0.2) is 0 Å². The highest BCUT2D eigenvalue weighted by molar-refractivity contribution is 7.11. The minimum Gasteiger partial charge on any atom is -0.328 e. The predicted molar refractivity (Wildman–Crippen MR) is 83.1 cm³/mol. The third-order valence-corrected chi connectivity index (χ3v) is 3.44. The summed E-state index contributed by atoms with van der Waals surface area (Å²) in [4.78, 5) is 12.8. The number of hydrogen-bond donors (Lipinski definition) is 2. The summed E-state index contributed by atoms with van der Waals surface area (Å²) in [6.45, 7) is 5.83. The smallest absolute Gasteiger partial charge is 0.165 e. The normalized spacial score (nSPS) is 12.9. The monoisotopic (exact) mass is 276 g/mol. The van der Waals surface area contributed by atoms with Crippen LogP contribution in [0.2, 0.25) is 0 Å². The zero-order valence-electron chi connectivity index (χ0n) is 11.6. The molecule has 0 aliphatic heterocycles. The SMILES string of the molecule is CC(C)=C/C=C(\C=N)c1cc(C(=O)CC(C)N)cs1. The molecule has 102 valence electrons. The van der Waals surface area contributed by atoms with Gasteiger partial charge in [0.15, 0.2) is 5.78 Å². The molecule has 3 nitrogen and oxygen atoms in total. The number of rotatable bonds is 6. The molecule has 1 aromatic rings. The Morgan fingerprint density at radius 3 is 2.68 bits per heavy atom. The third-order valence-electron chi connectivity index (χ3n) is 2.47. The summed E-state index contributed by atoms with van der Waals surface area (Å²) in [7, 11) is 0. The molecule has 0 aromatic carbocycles. The lowest BCUT2D eigenvalue weighted by molar-refractivity contribution is 0.0977. The Labute approximate surface area is 118 Å². The molecule has 0 spiro atoms. The van der Waals surface area contributed by atoms with Crippen molar-refractivity contribution in [3.05, 3.63) is 39.6 Å². The average molecular weight is 276 g/mol. The largest absolute Gasteiger partial charge is 0.328 e. The molecule has 0 amide bonds. The Bertz CT molecular complexity index is 520. The minimum absolute atomic E-state index is 0.0593. The molecule has 0 radical (unpaired) electrons. The van der Waals surface area contributed by atoms with Gasteiger partial charge in [-0.1, -0.05) is 17.7 Å². The van der Waals surface area contributed by atoms with Crippen molar-refractivity contribution in [2.24, 2.45) is 5.73 Å². The first-order valence-electron chi connectivity index (χ1n) is 6.17. The number of Topliss-reactive ketones (excluding diaryl/α,β-unsaturated/α-hetero) is 1. The maximum atomic E-state index is 11.9. The van der Waals surface area contributed by atoms with Crippen LogP contribution in [0.5, 0.6) is 0 Å². The predicted octanol–water partition coefficient (Wildman–Crippen LogP) is 3.67. The minimum atomic E-state index is -0.126. The van der Waals surface area contributed by atoms with E-state index in [1.807, 2.05) is 44.4 Å². The lowest BCUT2D eigenvalue weighted by Crippen LogP contribution is -2.19. The van der Waals surface area contributed by atoms with Crippen LogP contribution in [-0.2, 0) is 0 Å². The molecule has 0 fully saturated rings.